The van der Waals surface area contributed by atoms with Crippen molar-refractivity contribution in [1.82, 2.24) is 0 Å². The van der Waals surface area contributed by atoms with Gasteiger partial charge in [0.1, 0.15) is 0 Å². The molecular formula is C30H35NO4. The smallest absolute Gasteiger partial charge is 0.307 e. The van der Waals surface area contributed by atoms with Crippen LogP contribution in [0.15, 0.2) is 72.3 Å². The van der Waals surface area contributed by atoms with Crippen LogP contribution < -0.4 is 5.32 Å². The number of benzene rings is 2. The van der Waals surface area contributed by atoms with E-state index in [9.17, 15) is 19.5 Å². The first-order valence-corrected chi connectivity index (χ1v) is 12.6. The number of aliphatic carboxylic acids is 1. The number of hydrogen-bond donors (Lipinski definition) is 2. The Morgan fingerprint density at radius 1 is 0.914 bits per heavy atom. The zero-order chi connectivity index (χ0) is 25.0. The van der Waals surface area contributed by atoms with Gasteiger partial charge in [-0.15, -0.1) is 0 Å². The van der Waals surface area contributed by atoms with Gasteiger partial charge in [-0.05, 0) is 48.9 Å². The summed E-state index contributed by atoms with van der Waals surface area (Å²) in [7, 11) is 0. The Morgan fingerprint density at radius 2 is 1.60 bits per heavy atom. The fourth-order valence-corrected chi connectivity index (χ4v) is 4.22. The molecule has 0 aromatic heterocycles. The minimum Gasteiger partial charge on any atom is -0.481 e. The van der Waals surface area contributed by atoms with Crippen LogP contribution in [-0.4, -0.2) is 22.8 Å². The van der Waals surface area contributed by atoms with Gasteiger partial charge in [0.2, 0.25) is 5.91 Å². The first-order chi connectivity index (χ1) is 17.0. The molecule has 0 fully saturated rings. The summed E-state index contributed by atoms with van der Waals surface area (Å²) in [6.45, 7) is 2.15. The molecule has 184 valence electrons. The Balaban J connectivity index is 1.56. The van der Waals surface area contributed by atoms with Gasteiger partial charge in [-0.1, -0.05) is 86.4 Å². The molecule has 0 spiro atoms. The molecule has 1 unspecified atom stereocenters. The Bertz CT molecular complexity index is 1060. The van der Waals surface area contributed by atoms with E-state index < -0.39 is 11.9 Å². The monoisotopic (exact) mass is 473 g/mol. The number of Topliss-reactive ketones (excluding diaryl/α,β-unsaturated/α-hetero) is 1. The lowest BCUT2D eigenvalue weighted by Crippen LogP contribution is -2.19. The van der Waals surface area contributed by atoms with Gasteiger partial charge in [-0.3, -0.25) is 14.4 Å². The SMILES string of the molecule is CCCCCCC(=O)Nc1ccc(-c2ccc(C(=O)CC(CC3=CCCC=C3)C(=O)O)cc2)cc1. The fraction of sp³-hybridized carbons (Fsp3) is 0.367. The zero-order valence-electron chi connectivity index (χ0n) is 20.5. The second kappa shape index (κ2) is 13.4. The molecule has 5 heteroatoms. The summed E-state index contributed by atoms with van der Waals surface area (Å²) >= 11 is 0. The molecule has 0 bridgehead atoms. The maximum atomic E-state index is 12.8. The molecule has 0 heterocycles. The van der Waals surface area contributed by atoms with Crippen molar-refractivity contribution in [3.63, 3.8) is 0 Å². The summed E-state index contributed by atoms with van der Waals surface area (Å²) in [5.74, 6) is -1.80. The fourth-order valence-electron chi connectivity index (χ4n) is 4.22. The van der Waals surface area contributed by atoms with Crippen molar-refractivity contribution in [2.24, 2.45) is 5.92 Å². The van der Waals surface area contributed by atoms with Crippen LogP contribution >= 0.6 is 0 Å². The van der Waals surface area contributed by atoms with Gasteiger partial charge in [0.15, 0.2) is 5.78 Å². The lowest BCUT2D eigenvalue weighted by atomic mass is 9.90. The summed E-state index contributed by atoms with van der Waals surface area (Å²) in [6.07, 6.45) is 13.1. The molecule has 1 aliphatic carbocycles. The first-order valence-electron chi connectivity index (χ1n) is 12.6. The highest BCUT2D eigenvalue weighted by molar-refractivity contribution is 5.98. The predicted octanol–water partition coefficient (Wildman–Crippen LogP) is 7.20. The Kier molecular flexibility index (Phi) is 10.0. The van der Waals surface area contributed by atoms with E-state index in [0.717, 1.165) is 60.9 Å². The van der Waals surface area contributed by atoms with Crippen LogP contribution in [-0.2, 0) is 9.59 Å². The number of anilines is 1. The van der Waals surface area contributed by atoms with Gasteiger partial charge in [0, 0.05) is 24.1 Å². The van der Waals surface area contributed by atoms with E-state index in [0.29, 0.717) is 18.4 Å². The molecule has 0 saturated carbocycles. The van der Waals surface area contributed by atoms with Crippen molar-refractivity contribution in [3.05, 3.63) is 77.9 Å². The van der Waals surface area contributed by atoms with E-state index in [-0.39, 0.29) is 18.1 Å². The molecule has 3 rings (SSSR count). The highest BCUT2D eigenvalue weighted by atomic mass is 16.4. The van der Waals surface area contributed by atoms with Gasteiger partial charge < -0.3 is 10.4 Å². The highest BCUT2D eigenvalue weighted by Crippen LogP contribution is 2.25. The van der Waals surface area contributed by atoms with Crippen LogP contribution in [0.4, 0.5) is 5.69 Å². The number of nitrogens with one attached hydrogen (secondary N) is 1. The predicted molar refractivity (Wildman–Crippen MR) is 140 cm³/mol. The molecule has 2 aromatic carbocycles. The van der Waals surface area contributed by atoms with Crippen molar-refractivity contribution in [3.8, 4) is 11.1 Å². The lowest BCUT2D eigenvalue weighted by Gasteiger charge is -2.14. The maximum Gasteiger partial charge on any atom is 0.307 e. The lowest BCUT2D eigenvalue weighted by molar-refractivity contribution is -0.141. The van der Waals surface area contributed by atoms with E-state index in [1.165, 1.54) is 0 Å². The molecule has 2 aromatic rings. The quantitative estimate of drug-likeness (QED) is 0.238. The number of carbonyl (C=O) groups excluding carboxylic acids is 2. The third-order valence-corrected chi connectivity index (χ3v) is 6.30. The Hall–Kier alpha value is -3.47. The van der Waals surface area contributed by atoms with Gasteiger partial charge in [-0.2, -0.15) is 0 Å². The number of unbranched alkanes of at least 4 members (excludes halogenated alkanes) is 3. The summed E-state index contributed by atoms with van der Waals surface area (Å²) in [4.78, 5) is 36.6. The largest absolute Gasteiger partial charge is 0.481 e. The molecule has 1 aliphatic rings. The topological polar surface area (TPSA) is 83.5 Å². The summed E-state index contributed by atoms with van der Waals surface area (Å²) in [5, 5.41) is 12.5. The second-order valence-corrected chi connectivity index (χ2v) is 9.14. The zero-order valence-corrected chi connectivity index (χ0v) is 20.5. The Morgan fingerprint density at radius 3 is 2.20 bits per heavy atom. The summed E-state index contributed by atoms with van der Waals surface area (Å²) < 4.78 is 0. The number of hydrogen-bond acceptors (Lipinski definition) is 3. The van der Waals surface area contributed by atoms with E-state index >= 15 is 0 Å². The molecule has 0 saturated heterocycles. The maximum absolute atomic E-state index is 12.8. The standard InChI is InChI=1S/C30H35NO4/c1-2-3-4-8-11-29(33)31-27-18-16-24(17-19-27)23-12-14-25(15-13-23)28(32)21-26(30(34)35)20-22-9-6-5-7-10-22/h6,9-10,12-19,26H,2-5,7-8,11,20-21H2,1H3,(H,31,33)(H,34,35). The van der Waals surface area contributed by atoms with Crippen LogP contribution in [0.1, 0.15) is 75.1 Å². The molecule has 0 aliphatic heterocycles. The molecule has 5 nitrogen and oxygen atoms in total. The first kappa shape index (κ1) is 26.1. The second-order valence-electron chi connectivity index (χ2n) is 9.14. The van der Waals surface area contributed by atoms with Gasteiger partial charge in [-0.25, -0.2) is 0 Å². The summed E-state index contributed by atoms with van der Waals surface area (Å²) in [6, 6.07) is 14.9. The average Bonchev–Trinajstić information content (AvgIpc) is 2.87. The summed E-state index contributed by atoms with van der Waals surface area (Å²) in [5.41, 5.74) is 4.20. The molecule has 1 atom stereocenters. The third kappa shape index (κ3) is 8.36. The van der Waals surface area contributed by atoms with Gasteiger partial charge in [0.25, 0.3) is 0 Å². The number of amides is 1. The highest BCUT2D eigenvalue weighted by Gasteiger charge is 2.23. The number of ketones is 1. The van der Waals surface area contributed by atoms with Crippen LogP contribution in [0.3, 0.4) is 0 Å². The van der Waals surface area contributed by atoms with Crippen LogP contribution in [0.25, 0.3) is 11.1 Å². The van der Waals surface area contributed by atoms with Crippen molar-refractivity contribution >= 4 is 23.3 Å². The van der Waals surface area contributed by atoms with E-state index in [2.05, 4.69) is 18.3 Å². The van der Waals surface area contributed by atoms with Crippen molar-refractivity contribution in [1.29, 1.82) is 0 Å². The number of carboxylic acids is 1. The van der Waals surface area contributed by atoms with Gasteiger partial charge in [0.05, 0.1) is 5.92 Å². The number of carbonyl (C=O) groups is 3. The van der Waals surface area contributed by atoms with Crippen molar-refractivity contribution in [2.75, 3.05) is 5.32 Å². The van der Waals surface area contributed by atoms with E-state index in [1.807, 2.05) is 48.6 Å². The van der Waals surface area contributed by atoms with E-state index in [4.69, 9.17) is 0 Å². The molecule has 2 N–H and O–H groups in total. The molecule has 35 heavy (non-hydrogen) atoms. The van der Waals surface area contributed by atoms with E-state index in [1.54, 1.807) is 12.1 Å². The van der Waals surface area contributed by atoms with Crippen LogP contribution in [0.2, 0.25) is 0 Å². The Labute approximate surface area is 208 Å². The number of carboxylic acid groups (broad SMARTS) is 1. The van der Waals surface area contributed by atoms with Crippen LogP contribution in [0.5, 0.6) is 0 Å². The normalized spacial score (nSPS) is 13.7. The number of allylic oxidation sites excluding steroid dienone is 4. The average molecular weight is 474 g/mol. The third-order valence-electron chi connectivity index (χ3n) is 6.30. The number of rotatable bonds is 13. The molecular weight excluding hydrogens is 438 g/mol. The van der Waals surface area contributed by atoms with Crippen LogP contribution in [0, 0.1) is 5.92 Å². The molecule has 0 radical (unpaired) electrons. The van der Waals surface area contributed by atoms with Gasteiger partial charge >= 0.3 is 5.97 Å². The molecule has 1 amide bonds. The van der Waals surface area contributed by atoms with Crippen molar-refractivity contribution < 1.29 is 19.5 Å². The van der Waals surface area contributed by atoms with Crippen molar-refractivity contribution in [2.45, 2.75) is 64.7 Å². The minimum atomic E-state index is -0.942. The minimum absolute atomic E-state index is 0.0211.